The fourth-order valence-corrected chi connectivity index (χ4v) is 3.86. The molecule has 0 radical (unpaired) electrons. The van der Waals surface area contributed by atoms with Crippen molar-refractivity contribution in [3.8, 4) is 17.4 Å². The summed E-state index contributed by atoms with van der Waals surface area (Å²) in [6, 6.07) is 11.1. The van der Waals surface area contributed by atoms with E-state index in [1.54, 1.807) is 23.1 Å². The highest BCUT2D eigenvalue weighted by Gasteiger charge is 2.20. The first kappa shape index (κ1) is 24.2. The summed E-state index contributed by atoms with van der Waals surface area (Å²) < 4.78 is 16.8. The lowest BCUT2D eigenvalue weighted by molar-refractivity contribution is -0.134. The Kier molecular flexibility index (Phi) is 7.57. The Labute approximate surface area is 204 Å². The van der Waals surface area contributed by atoms with Gasteiger partial charge in [-0.3, -0.25) is 9.59 Å². The van der Waals surface area contributed by atoms with Gasteiger partial charge in [0.15, 0.2) is 11.5 Å². The zero-order valence-electron chi connectivity index (χ0n) is 20.0. The molecule has 182 valence electrons. The van der Waals surface area contributed by atoms with Crippen molar-refractivity contribution in [3.05, 3.63) is 71.2 Å². The molecule has 0 spiro atoms. The molecule has 4 rings (SSSR count). The lowest BCUT2D eigenvalue weighted by Gasteiger charge is -2.27. The van der Waals surface area contributed by atoms with Crippen LogP contribution in [-0.4, -0.2) is 60.1 Å². The predicted octanol–water partition coefficient (Wildman–Crippen LogP) is 3.55. The fourth-order valence-electron chi connectivity index (χ4n) is 3.86. The van der Waals surface area contributed by atoms with Crippen LogP contribution in [0, 0.1) is 13.8 Å². The molecule has 1 aromatic heterocycles. The summed E-state index contributed by atoms with van der Waals surface area (Å²) in [5, 5.41) is 2.93. The molecule has 0 saturated carbocycles. The van der Waals surface area contributed by atoms with Gasteiger partial charge < -0.3 is 24.4 Å². The molecule has 3 aromatic rings. The smallest absolute Gasteiger partial charge is 0.262 e. The van der Waals surface area contributed by atoms with Crippen molar-refractivity contribution < 1.29 is 23.8 Å². The van der Waals surface area contributed by atoms with Crippen molar-refractivity contribution in [3.63, 3.8) is 0 Å². The molecule has 0 aliphatic carbocycles. The molecule has 1 N–H and O–H groups in total. The molecule has 2 amide bonds. The van der Waals surface area contributed by atoms with E-state index in [0.717, 1.165) is 22.4 Å². The van der Waals surface area contributed by atoms with Gasteiger partial charge in [-0.15, -0.1) is 0 Å². The molecular weight excluding hydrogens is 448 g/mol. The standard InChI is InChI=1S/C26H28N4O5/c1-17-5-4-6-18(2)24(17)29-25(32)20-15-27-16-28-26(20)35-21-8-7-19(13-22(21)33-3)14-23(31)30-9-11-34-12-10-30/h4-8,13,15-16H,9-12,14H2,1-3H3,(H,29,32). The fraction of sp³-hybridized carbons (Fsp3) is 0.308. The van der Waals surface area contributed by atoms with E-state index >= 15 is 0 Å². The number of rotatable bonds is 7. The highest BCUT2D eigenvalue weighted by Crippen LogP contribution is 2.33. The number of aromatic nitrogens is 2. The third-order valence-corrected chi connectivity index (χ3v) is 5.79. The normalized spacial score (nSPS) is 13.3. The van der Waals surface area contributed by atoms with E-state index in [9.17, 15) is 9.59 Å². The summed E-state index contributed by atoms with van der Waals surface area (Å²) in [5.74, 6) is 0.543. The second-order valence-corrected chi connectivity index (χ2v) is 8.22. The Hall–Kier alpha value is -3.98. The number of carbonyl (C=O) groups is 2. The van der Waals surface area contributed by atoms with E-state index in [0.29, 0.717) is 37.8 Å². The molecule has 1 saturated heterocycles. The number of aryl methyl sites for hydroxylation is 2. The number of amides is 2. The summed E-state index contributed by atoms with van der Waals surface area (Å²) in [6.07, 6.45) is 2.97. The van der Waals surface area contributed by atoms with Gasteiger partial charge in [0.25, 0.3) is 5.91 Å². The number of para-hydroxylation sites is 1. The van der Waals surface area contributed by atoms with Crippen molar-refractivity contribution in [2.75, 3.05) is 38.7 Å². The Morgan fingerprint density at radius 2 is 1.83 bits per heavy atom. The number of anilines is 1. The van der Waals surface area contributed by atoms with Crippen molar-refractivity contribution in [1.82, 2.24) is 14.9 Å². The summed E-state index contributed by atoms with van der Waals surface area (Å²) in [7, 11) is 1.52. The second-order valence-electron chi connectivity index (χ2n) is 8.22. The van der Waals surface area contributed by atoms with Crippen LogP contribution in [0.25, 0.3) is 0 Å². The number of nitrogens with one attached hydrogen (secondary N) is 1. The average molecular weight is 477 g/mol. The number of ether oxygens (including phenoxy) is 3. The van der Waals surface area contributed by atoms with Gasteiger partial charge in [0.2, 0.25) is 11.8 Å². The van der Waals surface area contributed by atoms with E-state index < -0.39 is 0 Å². The van der Waals surface area contributed by atoms with Crippen LogP contribution in [0.5, 0.6) is 17.4 Å². The topological polar surface area (TPSA) is 103 Å². The van der Waals surface area contributed by atoms with Crippen LogP contribution in [0.15, 0.2) is 48.9 Å². The minimum absolute atomic E-state index is 0.0327. The van der Waals surface area contributed by atoms with Crippen LogP contribution in [0.2, 0.25) is 0 Å². The summed E-state index contributed by atoms with van der Waals surface area (Å²) in [6.45, 7) is 6.16. The van der Waals surface area contributed by atoms with Crippen LogP contribution in [0.4, 0.5) is 5.69 Å². The lowest BCUT2D eigenvalue weighted by Crippen LogP contribution is -2.41. The van der Waals surface area contributed by atoms with Crippen LogP contribution in [0.1, 0.15) is 27.0 Å². The van der Waals surface area contributed by atoms with Gasteiger partial charge in [-0.2, -0.15) is 0 Å². The van der Waals surface area contributed by atoms with Crippen LogP contribution in [-0.2, 0) is 16.0 Å². The molecule has 0 atom stereocenters. The summed E-state index contributed by atoms with van der Waals surface area (Å²) in [5.41, 5.74) is 3.60. The van der Waals surface area contributed by atoms with E-state index in [-0.39, 0.29) is 29.7 Å². The monoisotopic (exact) mass is 476 g/mol. The van der Waals surface area contributed by atoms with E-state index in [1.807, 2.05) is 32.0 Å². The predicted molar refractivity (Wildman–Crippen MR) is 130 cm³/mol. The zero-order chi connectivity index (χ0) is 24.8. The number of nitrogens with zero attached hydrogens (tertiary/aromatic N) is 3. The quantitative estimate of drug-likeness (QED) is 0.556. The molecule has 0 unspecified atom stereocenters. The third kappa shape index (κ3) is 5.75. The van der Waals surface area contributed by atoms with Crippen molar-refractivity contribution in [1.29, 1.82) is 0 Å². The average Bonchev–Trinajstić information content (AvgIpc) is 2.88. The van der Waals surface area contributed by atoms with Gasteiger partial charge in [-0.05, 0) is 42.7 Å². The molecule has 1 fully saturated rings. The number of hydrogen-bond donors (Lipinski definition) is 1. The van der Waals surface area contributed by atoms with E-state index in [4.69, 9.17) is 14.2 Å². The highest BCUT2D eigenvalue weighted by atomic mass is 16.5. The maximum Gasteiger partial charge on any atom is 0.262 e. The van der Waals surface area contributed by atoms with Crippen LogP contribution < -0.4 is 14.8 Å². The molecule has 2 heterocycles. The van der Waals surface area contributed by atoms with Gasteiger partial charge in [0, 0.05) is 25.0 Å². The summed E-state index contributed by atoms with van der Waals surface area (Å²) in [4.78, 5) is 35.6. The number of carbonyl (C=O) groups excluding carboxylic acids is 2. The Bertz CT molecular complexity index is 1200. The van der Waals surface area contributed by atoms with Gasteiger partial charge in [0.05, 0.1) is 26.7 Å². The minimum atomic E-state index is -0.385. The van der Waals surface area contributed by atoms with Crippen LogP contribution in [0.3, 0.4) is 0 Å². The minimum Gasteiger partial charge on any atom is -0.493 e. The Morgan fingerprint density at radius 3 is 2.54 bits per heavy atom. The first-order valence-electron chi connectivity index (χ1n) is 11.3. The molecule has 1 aliphatic rings. The van der Waals surface area contributed by atoms with E-state index in [1.165, 1.54) is 19.6 Å². The lowest BCUT2D eigenvalue weighted by atomic mass is 10.1. The Morgan fingerprint density at radius 1 is 1.09 bits per heavy atom. The highest BCUT2D eigenvalue weighted by molar-refractivity contribution is 6.06. The molecule has 9 nitrogen and oxygen atoms in total. The molecule has 0 bridgehead atoms. The van der Waals surface area contributed by atoms with Gasteiger partial charge in [-0.1, -0.05) is 24.3 Å². The first-order valence-corrected chi connectivity index (χ1v) is 11.3. The van der Waals surface area contributed by atoms with Gasteiger partial charge in [-0.25, -0.2) is 9.97 Å². The van der Waals surface area contributed by atoms with Crippen molar-refractivity contribution in [2.45, 2.75) is 20.3 Å². The third-order valence-electron chi connectivity index (χ3n) is 5.79. The maximum absolute atomic E-state index is 13.1. The SMILES string of the molecule is COc1cc(CC(=O)N2CCOCC2)ccc1Oc1ncncc1C(=O)Nc1c(C)cccc1C. The number of methoxy groups -OCH3 is 1. The largest absolute Gasteiger partial charge is 0.493 e. The molecule has 9 heteroatoms. The first-order chi connectivity index (χ1) is 17.0. The molecule has 35 heavy (non-hydrogen) atoms. The zero-order valence-corrected chi connectivity index (χ0v) is 20.0. The number of morpholine rings is 1. The molecule has 1 aliphatic heterocycles. The maximum atomic E-state index is 13.1. The second kappa shape index (κ2) is 11.0. The van der Waals surface area contributed by atoms with E-state index in [2.05, 4.69) is 15.3 Å². The number of hydrogen-bond acceptors (Lipinski definition) is 7. The van der Waals surface area contributed by atoms with Crippen molar-refractivity contribution in [2.24, 2.45) is 0 Å². The van der Waals surface area contributed by atoms with Gasteiger partial charge in [0.1, 0.15) is 11.9 Å². The van der Waals surface area contributed by atoms with Crippen LogP contribution >= 0.6 is 0 Å². The molecular formula is C26H28N4O5. The Balaban J connectivity index is 1.52. The van der Waals surface area contributed by atoms with Crippen molar-refractivity contribution >= 4 is 17.5 Å². The van der Waals surface area contributed by atoms with Gasteiger partial charge >= 0.3 is 0 Å². The number of benzene rings is 2. The molecule has 2 aromatic carbocycles. The summed E-state index contributed by atoms with van der Waals surface area (Å²) >= 11 is 0.